The number of fused-ring (bicyclic) bond motifs is 1. The zero-order valence-corrected chi connectivity index (χ0v) is 20.6. The molecule has 0 spiro atoms. The molecule has 0 saturated heterocycles. The minimum absolute atomic E-state index is 0.0205. The Labute approximate surface area is 210 Å². The van der Waals surface area contributed by atoms with Crippen molar-refractivity contribution >= 4 is 28.8 Å². The predicted molar refractivity (Wildman–Crippen MR) is 131 cm³/mol. The highest BCUT2D eigenvalue weighted by Gasteiger charge is 2.22. The van der Waals surface area contributed by atoms with E-state index >= 15 is 0 Å². The molecule has 0 aliphatic carbocycles. The van der Waals surface area contributed by atoms with Crippen LogP contribution in [0.1, 0.15) is 24.2 Å². The second kappa shape index (κ2) is 12.1. The summed E-state index contributed by atoms with van der Waals surface area (Å²) in [5, 5.41) is 2.47. The second-order valence-corrected chi connectivity index (χ2v) is 8.48. The van der Waals surface area contributed by atoms with Crippen LogP contribution in [0.3, 0.4) is 0 Å². The van der Waals surface area contributed by atoms with Crippen molar-refractivity contribution in [1.82, 2.24) is 24.8 Å². The molecule has 3 rings (SSSR count). The fraction of sp³-hybridized carbons (Fsp3) is 0.320. The maximum atomic E-state index is 13.5. The number of methoxy groups -OCH3 is 1. The molecule has 10 nitrogen and oxygen atoms in total. The van der Waals surface area contributed by atoms with E-state index in [1.54, 1.807) is 26.2 Å². The molecule has 2 N–H and O–H groups in total. The van der Waals surface area contributed by atoms with Crippen molar-refractivity contribution in [3.05, 3.63) is 76.0 Å². The van der Waals surface area contributed by atoms with Crippen LogP contribution in [0.25, 0.3) is 11.0 Å². The largest absolute Gasteiger partial charge is 0.453 e. The lowest BCUT2D eigenvalue weighted by Crippen LogP contribution is -2.42. The molecule has 0 saturated carbocycles. The van der Waals surface area contributed by atoms with Gasteiger partial charge in [0.2, 0.25) is 5.91 Å². The lowest BCUT2D eigenvalue weighted by Gasteiger charge is -2.16. The summed E-state index contributed by atoms with van der Waals surface area (Å²) in [6.07, 6.45) is 3.94. The van der Waals surface area contributed by atoms with Crippen LogP contribution in [-0.2, 0) is 27.3 Å². The first-order chi connectivity index (χ1) is 17.6. The van der Waals surface area contributed by atoms with E-state index < -0.39 is 35.1 Å². The third-order valence-electron chi connectivity index (χ3n) is 5.55. The molecule has 1 atom stereocenters. The number of likely N-dealkylation sites (N-methyl/N-ethyl adjacent to an activating group) is 1. The maximum Gasteiger partial charge on any atom is 0.407 e. The van der Waals surface area contributed by atoms with E-state index in [2.05, 4.69) is 20.0 Å². The number of nitrogens with zero attached hydrogens (tertiary/aromatic N) is 3. The first-order valence-corrected chi connectivity index (χ1v) is 11.4. The normalized spacial score (nSPS) is 12.0. The first kappa shape index (κ1) is 27.2. The average Bonchev–Trinajstić information content (AvgIpc) is 3.23. The molecule has 12 heteroatoms. The van der Waals surface area contributed by atoms with Gasteiger partial charge in [-0.3, -0.25) is 14.4 Å². The Balaban J connectivity index is 1.74. The van der Waals surface area contributed by atoms with Crippen molar-refractivity contribution in [2.45, 2.75) is 31.8 Å². The van der Waals surface area contributed by atoms with Crippen molar-refractivity contribution in [2.75, 3.05) is 21.2 Å². The fourth-order valence-corrected chi connectivity index (χ4v) is 3.56. The first-order valence-electron chi connectivity index (χ1n) is 11.4. The summed E-state index contributed by atoms with van der Waals surface area (Å²) in [6.45, 7) is -0.0205. The third-order valence-corrected chi connectivity index (χ3v) is 5.55. The summed E-state index contributed by atoms with van der Waals surface area (Å²) in [7, 11) is 4.39. The molecule has 2 aromatic heterocycles. The van der Waals surface area contributed by atoms with Crippen LogP contribution < -0.4 is 10.9 Å². The molecule has 2 heterocycles. The number of imidazole rings is 1. The molecular formula is C25H27F2N5O5. The lowest BCUT2D eigenvalue weighted by atomic mass is 10.0. The van der Waals surface area contributed by atoms with Crippen molar-refractivity contribution in [2.24, 2.45) is 0 Å². The number of amides is 2. The second-order valence-electron chi connectivity index (χ2n) is 8.48. The number of H-pyrrole nitrogens is 1. The number of rotatable bonds is 10. The van der Waals surface area contributed by atoms with E-state index in [4.69, 9.17) is 0 Å². The van der Waals surface area contributed by atoms with E-state index in [0.717, 1.165) is 12.1 Å². The average molecular weight is 516 g/mol. The summed E-state index contributed by atoms with van der Waals surface area (Å²) in [5.74, 6) is -2.38. The SMILES string of the molecule is COC(=O)N[C@@H](CC/C=C/C(=O)N(C)C)C(=O)Cc1cccn(Cc2nc3cc(F)c(F)cc3[nH]2)c1=O. The summed E-state index contributed by atoms with van der Waals surface area (Å²) >= 11 is 0. The molecule has 0 aliphatic rings. The van der Waals surface area contributed by atoms with Crippen molar-refractivity contribution in [3.8, 4) is 0 Å². The van der Waals surface area contributed by atoms with Gasteiger partial charge in [-0.1, -0.05) is 12.1 Å². The molecule has 0 radical (unpaired) electrons. The molecule has 2 amide bonds. The number of nitrogens with one attached hydrogen (secondary N) is 2. The number of allylic oxidation sites excluding steroid dienone is 1. The monoisotopic (exact) mass is 515 g/mol. The Hall–Kier alpha value is -4.35. The van der Waals surface area contributed by atoms with Gasteiger partial charge in [0.25, 0.3) is 5.56 Å². The molecule has 3 aromatic rings. The van der Waals surface area contributed by atoms with E-state index in [9.17, 15) is 28.0 Å². The third kappa shape index (κ3) is 7.09. The highest BCUT2D eigenvalue weighted by molar-refractivity contribution is 5.89. The highest BCUT2D eigenvalue weighted by Crippen LogP contribution is 2.16. The number of ether oxygens (including phenoxy) is 1. The molecule has 0 aliphatic heterocycles. The van der Waals surface area contributed by atoms with Gasteiger partial charge in [-0.15, -0.1) is 0 Å². The number of benzene rings is 1. The van der Waals surface area contributed by atoms with Gasteiger partial charge < -0.3 is 24.5 Å². The molecule has 0 bridgehead atoms. The van der Waals surface area contributed by atoms with Crippen LogP contribution in [0.5, 0.6) is 0 Å². The van der Waals surface area contributed by atoms with Gasteiger partial charge in [-0.25, -0.2) is 18.6 Å². The molecular weight excluding hydrogens is 488 g/mol. The van der Waals surface area contributed by atoms with Crippen LogP contribution in [0.15, 0.2) is 47.4 Å². The number of aromatic amines is 1. The van der Waals surface area contributed by atoms with Crippen LogP contribution in [0, 0.1) is 11.6 Å². The molecule has 37 heavy (non-hydrogen) atoms. The Bertz CT molecular complexity index is 1360. The number of aromatic nitrogens is 3. The summed E-state index contributed by atoms with van der Waals surface area (Å²) in [4.78, 5) is 57.9. The quantitative estimate of drug-likeness (QED) is 0.399. The predicted octanol–water partition coefficient (Wildman–Crippen LogP) is 2.31. The van der Waals surface area contributed by atoms with Crippen LogP contribution in [-0.4, -0.2) is 64.5 Å². The zero-order chi connectivity index (χ0) is 27.1. The van der Waals surface area contributed by atoms with E-state index in [0.29, 0.717) is 12.2 Å². The highest BCUT2D eigenvalue weighted by atomic mass is 19.2. The van der Waals surface area contributed by atoms with Gasteiger partial charge in [0.05, 0.1) is 30.7 Å². The van der Waals surface area contributed by atoms with Gasteiger partial charge in [0.15, 0.2) is 17.4 Å². The lowest BCUT2D eigenvalue weighted by molar-refractivity contribution is -0.123. The van der Waals surface area contributed by atoms with E-state index in [-0.39, 0.29) is 41.9 Å². The minimum atomic E-state index is -1.03. The summed E-state index contributed by atoms with van der Waals surface area (Å²) < 4.78 is 32.9. The number of hydrogen-bond donors (Lipinski definition) is 2. The van der Waals surface area contributed by atoms with Crippen molar-refractivity contribution in [3.63, 3.8) is 0 Å². The summed E-state index contributed by atoms with van der Waals surface area (Å²) in [6, 6.07) is 4.09. The van der Waals surface area contributed by atoms with E-state index in [1.165, 1.54) is 34.9 Å². The van der Waals surface area contributed by atoms with Crippen molar-refractivity contribution in [1.29, 1.82) is 0 Å². The maximum absolute atomic E-state index is 13.5. The summed E-state index contributed by atoms with van der Waals surface area (Å²) in [5.41, 5.74) is 0.232. The van der Waals surface area contributed by atoms with Crippen molar-refractivity contribution < 1.29 is 27.9 Å². The van der Waals surface area contributed by atoms with Crippen LogP contribution >= 0.6 is 0 Å². The van der Waals surface area contributed by atoms with Gasteiger partial charge >= 0.3 is 6.09 Å². The number of pyridine rings is 1. The number of halogens is 2. The Morgan fingerprint density at radius 2 is 1.97 bits per heavy atom. The topological polar surface area (TPSA) is 126 Å². The number of hydrogen-bond acceptors (Lipinski definition) is 6. The van der Waals surface area contributed by atoms with Crippen LogP contribution in [0.4, 0.5) is 13.6 Å². The molecule has 0 fully saturated rings. The number of alkyl carbamates (subject to hydrolysis) is 1. The molecule has 0 unspecified atom stereocenters. The number of ketones is 1. The zero-order valence-electron chi connectivity index (χ0n) is 20.6. The standard InChI is InChI=1S/C25H27F2N5O5/c1-31(2)23(34)9-5-4-8-18(30-25(36)37-3)21(33)11-15-7-6-10-32(24(15)35)14-22-28-19-12-16(26)17(27)13-20(19)29-22/h5-7,9-10,12-13,18H,4,8,11,14H2,1-3H3,(H,28,29)(H,30,36)/b9-5+/t18-/m0/s1. The Morgan fingerprint density at radius 1 is 1.24 bits per heavy atom. The van der Waals surface area contributed by atoms with Crippen LogP contribution in [0.2, 0.25) is 0 Å². The smallest absolute Gasteiger partial charge is 0.407 e. The van der Waals surface area contributed by atoms with E-state index in [1.807, 2.05) is 0 Å². The number of carbonyl (C=O) groups is 3. The Morgan fingerprint density at radius 3 is 2.68 bits per heavy atom. The van der Waals surface area contributed by atoms with Gasteiger partial charge in [-0.05, 0) is 25.0 Å². The number of carbonyl (C=O) groups excluding carboxylic acids is 3. The minimum Gasteiger partial charge on any atom is -0.453 e. The van der Waals surface area contributed by atoms with Gasteiger partial charge in [0.1, 0.15) is 5.82 Å². The fourth-order valence-electron chi connectivity index (χ4n) is 3.56. The van der Waals surface area contributed by atoms with Gasteiger partial charge in [0, 0.05) is 44.4 Å². The Kier molecular flexibility index (Phi) is 8.88. The molecule has 196 valence electrons. The van der Waals surface area contributed by atoms with Gasteiger partial charge in [-0.2, -0.15) is 0 Å². The molecule has 1 aromatic carbocycles. The number of Topliss-reactive ketones (excluding diaryl/α,β-unsaturated/α-hetero) is 1.